The van der Waals surface area contributed by atoms with E-state index in [-0.39, 0.29) is 12.3 Å². The molecule has 2 N–H and O–H groups in total. The highest BCUT2D eigenvalue weighted by atomic mass is 16.6. The normalized spacial score (nSPS) is 10.4. The quantitative estimate of drug-likeness (QED) is 0.568. The molecule has 0 radical (unpaired) electrons. The van der Waals surface area contributed by atoms with Crippen molar-refractivity contribution in [2.75, 3.05) is 25.6 Å². The minimum Gasteiger partial charge on any atom is -0.458 e. The number of carbonyl (C=O) groups is 1. The third kappa shape index (κ3) is 3.23. The summed E-state index contributed by atoms with van der Waals surface area (Å²) in [6.07, 6.45) is 2.37. The molecule has 0 amide bonds. The van der Waals surface area contributed by atoms with Crippen LogP contribution in [0.4, 0.5) is 5.69 Å². The van der Waals surface area contributed by atoms with Crippen LogP contribution in [0.25, 0.3) is 0 Å². The number of aromatic nitrogens is 2. The van der Waals surface area contributed by atoms with Crippen molar-refractivity contribution in [2.24, 2.45) is 7.05 Å². The van der Waals surface area contributed by atoms with E-state index in [1.807, 2.05) is 6.92 Å². The Bertz CT molecular complexity index is 330. The summed E-state index contributed by atoms with van der Waals surface area (Å²) in [5, 5.41) is 3.85. The number of nitrogens with zero attached hydrogens (tertiary/aromatic N) is 2. The zero-order valence-corrected chi connectivity index (χ0v) is 9.60. The van der Waals surface area contributed by atoms with E-state index in [0.717, 1.165) is 6.42 Å². The van der Waals surface area contributed by atoms with E-state index in [0.29, 0.717) is 18.9 Å². The van der Waals surface area contributed by atoms with Gasteiger partial charge in [-0.1, -0.05) is 6.92 Å². The molecule has 0 atom stereocenters. The van der Waals surface area contributed by atoms with E-state index < -0.39 is 5.97 Å². The Morgan fingerprint density at radius 3 is 2.81 bits per heavy atom. The minimum absolute atomic E-state index is 0.226. The molecule has 1 aromatic rings. The van der Waals surface area contributed by atoms with E-state index in [2.05, 4.69) is 5.10 Å². The lowest BCUT2D eigenvalue weighted by atomic mass is 10.4. The van der Waals surface area contributed by atoms with E-state index in [1.54, 1.807) is 7.05 Å². The van der Waals surface area contributed by atoms with Gasteiger partial charge in [0.05, 0.1) is 18.5 Å². The molecule has 16 heavy (non-hydrogen) atoms. The fourth-order valence-electron chi connectivity index (χ4n) is 1.21. The number of rotatable bonds is 6. The highest BCUT2D eigenvalue weighted by Gasteiger charge is 2.15. The van der Waals surface area contributed by atoms with Crippen LogP contribution in [0.3, 0.4) is 0 Å². The Balaban J connectivity index is 2.36. The highest BCUT2D eigenvalue weighted by molar-refractivity contribution is 5.92. The molecule has 1 rings (SSSR count). The first kappa shape index (κ1) is 12.5. The molecule has 0 aliphatic rings. The average molecular weight is 227 g/mol. The summed E-state index contributed by atoms with van der Waals surface area (Å²) in [5.41, 5.74) is 6.17. The largest absolute Gasteiger partial charge is 0.458 e. The molecule has 0 aromatic carbocycles. The molecule has 0 aliphatic carbocycles. The number of nitrogens with two attached hydrogens (primary N) is 1. The van der Waals surface area contributed by atoms with E-state index in [9.17, 15) is 4.79 Å². The van der Waals surface area contributed by atoms with Crippen molar-refractivity contribution in [2.45, 2.75) is 13.3 Å². The molecule has 0 saturated carbocycles. The molecule has 0 bridgehead atoms. The summed E-state index contributed by atoms with van der Waals surface area (Å²) in [5.74, 6) is -0.474. The van der Waals surface area contributed by atoms with Gasteiger partial charge in [-0.25, -0.2) is 4.79 Å². The van der Waals surface area contributed by atoms with Crippen LogP contribution in [0.2, 0.25) is 0 Å². The molecule has 0 saturated heterocycles. The number of esters is 1. The molecule has 90 valence electrons. The predicted octanol–water partition coefficient (Wildman–Crippen LogP) is 0.586. The summed E-state index contributed by atoms with van der Waals surface area (Å²) in [6.45, 7) is 3.31. The third-order valence-corrected chi connectivity index (χ3v) is 1.97. The summed E-state index contributed by atoms with van der Waals surface area (Å²) in [6, 6.07) is 0. The van der Waals surface area contributed by atoms with Crippen molar-refractivity contribution in [1.82, 2.24) is 9.78 Å². The van der Waals surface area contributed by atoms with Crippen LogP contribution < -0.4 is 5.73 Å². The van der Waals surface area contributed by atoms with Crippen molar-refractivity contribution in [3.63, 3.8) is 0 Å². The second-order valence-corrected chi connectivity index (χ2v) is 3.32. The average Bonchev–Trinajstić information content (AvgIpc) is 2.58. The molecule has 0 aliphatic heterocycles. The minimum atomic E-state index is -0.474. The van der Waals surface area contributed by atoms with Crippen LogP contribution in [0, 0.1) is 0 Å². The molecule has 0 fully saturated rings. The zero-order valence-electron chi connectivity index (χ0n) is 9.60. The first-order valence-electron chi connectivity index (χ1n) is 5.19. The molecular weight excluding hydrogens is 210 g/mol. The number of anilines is 1. The topological polar surface area (TPSA) is 79.4 Å². The van der Waals surface area contributed by atoms with Gasteiger partial charge in [-0.05, 0) is 6.42 Å². The summed E-state index contributed by atoms with van der Waals surface area (Å²) in [7, 11) is 1.64. The van der Waals surface area contributed by atoms with Gasteiger partial charge in [0, 0.05) is 13.7 Å². The Morgan fingerprint density at radius 1 is 1.50 bits per heavy atom. The second kappa shape index (κ2) is 6.12. The zero-order chi connectivity index (χ0) is 12.0. The number of nitrogen functional groups attached to an aromatic ring is 1. The van der Waals surface area contributed by atoms with Crippen molar-refractivity contribution < 1.29 is 14.3 Å². The molecule has 1 heterocycles. The maximum Gasteiger partial charge on any atom is 0.358 e. The molecule has 1 aromatic heterocycles. The fourth-order valence-corrected chi connectivity index (χ4v) is 1.21. The standard InChI is InChI=1S/C10H17N3O3/c1-3-4-15-5-6-16-10(14)9-8(11)7-12-13(9)2/h7H,3-6,11H2,1-2H3. The number of ether oxygens (including phenoxy) is 2. The Morgan fingerprint density at radius 2 is 2.25 bits per heavy atom. The van der Waals surface area contributed by atoms with Crippen molar-refractivity contribution in [3.8, 4) is 0 Å². The maximum atomic E-state index is 11.6. The van der Waals surface area contributed by atoms with Gasteiger partial charge in [-0.2, -0.15) is 5.10 Å². The van der Waals surface area contributed by atoms with Crippen LogP contribution in [0.5, 0.6) is 0 Å². The van der Waals surface area contributed by atoms with Crippen molar-refractivity contribution >= 4 is 11.7 Å². The van der Waals surface area contributed by atoms with Crippen LogP contribution in [0.1, 0.15) is 23.8 Å². The predicted molar refractivity (Wildman–Crippen MR) is 59.0 cm³/mol. The van der Waals surface area contributed by atoms with Gasteiger partial charge in [0.1, 0.15) is 6.61 Å². The van der Waals surface area contributed by atoms with E-state index >= 15 is 0 Å². The Hall–Kier alpha value is -1.56. The van der Waals surface area contributed by atoms with Crippen molar-refractivity contribution in [1.29, 1.82) is 0 Å². The number of hydrogen-bond acceptors (Lipinski definition) is 5. The number of hydrogen-bond donors (Lipinski definition) is 1. The second-order valence-electron chi connectivity index (χ2n) is 3.32. The van der Waals surface area contributed by atoms with Gasteiger partial charge in [0.15, 0.2) is 5.69 Å². The van der Waals surface area contributed by atoms with Gasteiger partial charge in [0.25, 0.3) is 0 Å². The molecule has 6 nitrogen and oxygen atoms in total. The Kier molecular flexibility index (Phi) is 4.78. The molecule has 0 spiro atoms. The highest BCUT2D eigenvalue weighted by Crippen LogP contribution is 2.10. The lowest BCUT2D eigenvalue weighted by Crippen LogP contribution is -2.15. The monoisotopic (exact) mass is 227 g/mol. The van der Waals surface area contributed by atoms with Crippen molar-refractivity contribution in [3.05, 3.63) is 11.9 Å². The van der Waals surface area contributed by atoms with Crippen LogP contribution in [-0.2, 0) is 16.5 Å². The van der Waals surface area contributed by atoms with Gasteiger partial charge in [0.2, 0.25) is 0 Å². The first-order chi connectivity index (χ1) is 7.66. The van der Waals surface area contributed by atoms with E-state index in [4.69, 9.17) is 15.2 Å². The van der Waals surface area contributed by atoms with Crippen LogP contribution >= 0.6 is 0 Å². The maximum absolute atomic E-state index is 11.6. The molecular formula is C10H17N3O3. The van der Waals surface area contributed by atoms with E-state index in [1.165, 1.54) is 10.9 Å². The summed E-state index contributed by atoms with van der Waals surface area (Å²) >= 11 is 0. The fraction of sp³-hybridized carbons (Fsp3) is 0.600. The van der Waals surface area contributed by atoms with Gasteiger partial charge < -0.3 is 15.2 Å². The third-order valence-electron chi connectivity index (χ3n) is 1.97. The van der Waals surface area contributed by atoms with Gasteiger partial charge >= 0.3 is 5.97 Å². The lowest BCUT2D eigenvalue weighted by Gasteiger charge is -2.06. The smallest absolute Gasteiger partial charge is 0.358 e. The first-order valence-corrected chi connectivity index (χ1v) is 5.19. The van der Waals surface area contributed by atoms with Crippen LogP contribution in [0.15, 0.2) is 6.20 Å². The number of carbonyl (C=O) groups excluding carboxylic acids is 1. The van der Waals surface area contributed by atoms with Gasteiger partial charge in [-0.15, -0.1) is 0 Å². The van der Waals surface area contributed by atoms with Crippen LogP contribution in [-0.4, -0.2) is 35.6 Å². The SMILES string of the molecule is CCCOCCOC(=O)c1c(N)cnn1C. The van der Waals surface area contributed by atoms with Gasteiger partial charge in [-0.3, -0.25) is 4.68 Å². The number of aryl methyl sites for hydroxylation is 1. The Labute approximate surface area is 94.3 Å². The summed E-state index contributed by atoms with van der Waals surface area (Å²) < 4.78 is 11.6. The summed E-state index contributed by atoms with van der Waals surface area (Å²) in [4.78, 5) is 11.6. The molecule has 0 unspecified atom stereocenters. The lowest BCUT2D eigenvalue weighted by molar-refractivity contribution is 0.0309. The molecule has 6 heteroatoms.